The second kappa shape index (κ2) is 6.35. The van der Waals surface area contributed by atoms with E-state index in [1.54, 1.807) is 0 Å². The Bertz CT molecular complexity index is 228. The molecule has 12 heavy (non-hydrogen) atoms. The van der Waals surface area contributed by atoms with Crippen LogP contribution in [0, 0.1) is 0 Å². The highest BCUT2D eigenvalue weighted by atomic mass is 35.5. The van der Waals surface area contributed by atoms with E-state index in [-0.39, 0.29) is 12.4 Å². The van der Waals surface area contributed by atoms with Gasteiger partial charge in [0.2, 0.25) is 0 Å². The molecule has 0 spiro atoms. The summed E-state index contributed by atoms with van der Waals surface area (Å²) >= 11 is 1.85. The van der Waals surface area contributed by atoms with Crippen molar-refractivity contribution in [3.05, 3.63) is 29.8 Å². The fourth-order valence-electron chi connectivity index (χ4n) is 0.969. The van der Waals surface area contributed by atoms with Crippen LogP contribution in [-0.4, -0.2) is 5.75 Å². The Morgan fingerprint density at radius 2 is 2.00 bits per heavy atom. The lowest BCUT2D eigenvalue weighted by Crippen LogP contribution is -1.97. The molecule has 0 atom stereocenters. The minimum absolute atomic E-state index is 0. The van der Waals surface area contributed by atoms with Crippen LogP contribution in [-0.2, 0) is 6.54 Å². The molecule has 0 aliphatic rings. The van der Waals surface area contributed by atoms with Crippen LogP contribution in [0.1, 0.15) is 12.5 Å². The number of halogens is 1. The fourth-order valence-corrected chi connectivity index (χ4v) is 1.79. The molecule has 68 valence electrons. The summed E-state index contributed by atoms with van der Waals surface area (Å²) in [6, 6.07) is 8.29. The molecule has 1 rings (SSSR count). The van der Waals surface area contributed by atoms with Gasteiger partial charge in [-0.15, -0.1) is 24.2 Å². The highest BCUT2D eigenvalue weighted by Crippen LogP contribution is 2.21. The van der Waals surface area contributed by atoms with Gasteiger partial charge in [-0.25, -0.2) is 0 Å². The number of thioether (sulfide) groups is 1. The van der Waals surface area contributed by atoms with Crippen LogP contribution in [0.2, 0.25) is 0 Å². The molecular formula is C9H14ClNS. The maximum Gasteiger partial charge on any atom is 0.0189 e. The maximum atomic E-state index is 5.57. The molecule has 0 heterocycles. The summed E-state index contributed by atoms with van der Waals surface area (Å²) in [6.45, 7) is 2.79. The third-order valence-corrected chi connectivity index (χ3v) is 2.49. The SMILES string of the molecule is CCSc1ccccc1CN.Cl. The summed E-state index contributed by atoms with van der Waals surface area (Å²) in [5.41, 5.74) is 6.82. The van der Waals surface area contributed by atoms with Crippen molar-refractivity contribution in [1.29, 1.82) is 0 Å². The standard InChI is InChI=1S/C9H13NS.ClH/c1-2-11-9-6-4-3-5-8(9)7-10;/h3-6H,2,7,10H2,1H3;1H. The first-order valence-corrected chi connectivity index (χ1v) is 4.77. The minimum atomic E-state index is 0. The van der Waals surface area contributed by atoms with Crippen LogP contribution in [0.15, 0.2) is 29.2 Å². The zero-order valence-electron chi connectivity index (χ0n) is 7.12. The molecule has 0 saturated carbocycles. The topological polar surface area (TPSA) is 26.0 Å². The molecule has 0 fully saturated rings. The second-order valence-corrected chi connectivity index (χ2v) is 3.55. The van der Waals surface area contributed by atoms with E-state index in [1.165, 1.54) is 10.5 Å². The van der Waals surface area contributed by atoms with Crippen molar-refractivity contribution in [2.45, 2.75) is 18.4 Å². The Labute approximate surface area is 84.1 Å². The van der Waals surface area contributed by atoms with Gasteiger partial charge in [-0.05, 0) is 17.4 Å². The van der Waals surface area contributed by atoms with Gasteiger partial charge < -0.3 is 5.73 Å². The summed E-state index contributed by atoms with van der Waals surface area (Å²) in [6.07, 6.45) is 0. The Balaban J connectivity index is 0.00000121. The van der Waals surface area contributed by atoms with Crippen molar-refractivity contribution in [1.82, 2.24) is 0 Å². The Hall–Kier alpha value is -0.180. The van der Waals surface area contributed by atoms with Crippen LogP contribution in [0.5, 0.6) is 0 Å². The lowest BCUT2D eigenvalue weighted by atomic mass is 10.2. The van der Waals surface area contributed by atoms with Crippen LogP contribution < -0.4 is 5.73 Å². The Morgan fingerprint density at radius 3 is 2.58 bits per heavy atom. The summed E-state index contributed by atoms with van der Waals surface area (Å²) < 4.78 is 0. The van der Waals surface area contributed by atoms with Crippen molar-refractivity contribution in [3.8, 4) is 0 Å². The highest BCUT2D eigenvalue weighted by Gasteiger charge is 1.97. The van der Waals surface area contributed by atoms with E-state index < -0.39 is 0 Å². The lowest BCUT2D eigenvalue weighted by molar-refractivity contribution is 1.03. The lowest BCUT2D eigenvalue weighted by Gasteiger charge is -2.03. The molecule has 0 radical (unpaired) electrons. The predicted octanol–water partition coefficient (Wildman–Crippen LogP) is 2.68. The molecule has 1 aromatic carbocycles. The summed E-state index contributed by atoms with van der Waals surface area (Å²) in [5, 5.41) is 0. The normalized spacial score (nSPS) is 9.17. The van der Waals surface area contributed by atoms with Crippen molar-refractivity contribution < 1.29 is 0 Å². The molecule has 1 aromatic rings. The number of hydrogen-bond acceptors (Lipinski definition) is 2. The summed E-state index contributed by atoms with van der Waals surface area (Å²) in [4.78, 5) is 1.32. The molecule has 0 aromatic heterocycles. The van der Waals surface area contributed by atoms with Gasteiger partial charge in [0.1, 0.15) is 0 Å². The number of rotatable bonds is 3. The average Bonchev–Trinajstić information content (AvgIpc) is 2.06. The van der Waals surface area contributed by atoms with Gasteiger partial charge in [0.15, 0.2) is 0 Å². The van der Waals surface area contributed by atoms with Crippen molar-refractivity contribution in [3.63, 3.8) is 0 Å². The van der Waals surface area contributed by atoms with E-state index in [1.807, 2.05) is 17.8 Å². The first-order valence-electron chi connectivity index (χ1n) is 3.79. The largest absolute Gasteiger partial charge is 0.326 e. The Morgan fingerprint density at radius 1 is 1.33 bits per heavy atom. The highest BCUT2D eigenvalue weighted by molar-refractivity contribution is 7.99. The van der Waals surface area contributed by atoms with E-state index in [9.17, 15) is 0 Å². The van der Waals surface area contributed by atoms with E-state index >= 15 is 0 Å². The molecule has 0 bridgehead atoms. The molecule has 1 nitrogen and oxygen atoms in total. The molecule has 2 N–H and O–H groups in total. The van der Waals surface area contributed by atoms with E-state index in [0.29, 0.717) is 6.54 Å². The Kier molecular flexibility index (Phi) is 6.25. The summed E-state index contributed by atoms with van der Waals surface area (Å²) in [7, 11) is 0. The molecule has 3 heteroatoms. The third kappa shape index (κ3) is 3.05. The zero-order chi connectivity index (χ0) is 8.10. The van der Waals surface area contributed by atoms with Gasteiger partial charge in [0, 0.05) is 11.4 Å². The van der Waals surface area contributed by atoms with Crippen molar-refractivity contribution in [2.75, 3.05) is 5.75 Å². The van der Waals surface area contributed by atoms with Gasteiger partial charge in [-0.2, -0.15) is 0 Å². The zero-order valence-corrected chi connectivity index (χ0v) is 8.75. The molecule has 0 aliphatic carbocycles. The molecule has 0 amide bonds. The predicted molar refractivity (Wildman–Crippen MR) is 58.0 cm³/mol. The van der Waals surface area contributed by atoms with Gasteiger partial charge in [-0.1, -0.05) is 25.1 Å². The van der Waals surface area contributed by atoms with Crippen LogP contribution in [0.4, 0.5) is 0 Å². The number of hydrogen-bond donors (Lipinski definition) is 1. The molecule has 0 aliphatic heterocycles. The van der Waals surface area contributed by atoms with Gasteiger partial charge >= 0.3 is 0 Å². The van der Waals surface area contributed by atoms with E-state index in [4.69, 9.17) is 5.73 Å². The van der Waals surface area contributed by atoms with Crippen LogP contribution in [0.25, 0.3) is 0 Å². The summed E-state index contributed by atoms with van der Waals surface area (Å²) in [5.74, 6) is 1.11. The van der Waals surface area contributed by atoms with Crippen molar-refractivity contribution in [2.24, 2.45) is 5.73 Å². The average molecular weight is 204 g/mol. The monoisotopic (exact) mass is 203 g/mol. The molecule has 0 saturated heterocycles. The molecular weight excluding hydrogens is 190 g/mol. The first-order chi connectivity index (χ1) is 5.38. The number of nitrogens with two attached hydrogens (primary N) is 1. The van der Waals surface area contributed by atoms with Crippen LogP contribution >= 0.6 is 24.2 Å². The smallest absolute Gasteiger partial charge is 0.0189 e. The number of benzene rings is 1. The molecule has 0 unspecified atom stereocenters. The maximum absolute atomic E-state index is 5.57. The van der Waals surface area contributed by atoms with E-state index in [0.717, 1.165) is 5.75 Å². The van der Waals surface area contributed by atoms with Crippen molar-refractivity contribution >= 4 is 24.2 Å². The second-order valence-electron chi connectivity index (χ2n) is 2.24. The third-order valence-electron chi connectivity index (χ3n) is 1.49. The fraction of sp³-hybridized carbons (Fsp3) is 0.333. The first kappa shape index (κ1) is 11.8. The van der Waals surface area contributed by atoms with E-state index in [2.05, 4.69) is 25.1 Å². The minimum Gasteiger partial charge on any atom is -0.326 e. The quantitative estimate of drug-likeness (QED) is 0.765. The van der Waals surface area contributed by atoms with Gasteiger partial charge in [-0.3, -0.25) is 0 Å². The van der Waals surface area contributed by atoms with Gasteiger partial charge in [0.25, 0.3) is 0 Å². The van der Waals surface area contributed by atoms with Crippen LogP contribution in [0.3, 0.4) is 0 Å². The van der Waals surface area contributed by atoms with Gasteiger partial charge in [0.05, 0.1) is 0 Å².